The van der Waals surface area contributed by atoms with Crippen LogP contribution in [0.25, 0.3) is 83.9 Å². The number of benzene rings is 6. The summed E-state index contributed by atoms with van der Waals surface area (Å²) in [6.07, 6.45) is 3.65. The number of aromatic nitrogens is 5. The molecule has 3 heterocycles. The van der Waals surface area contributed by atoms with E-state index in [9.17, 15) is 0 Å². The van der Waals surface area contributed by atoms with Crippen molar-refractivity contribution < 1.29 is 0 Å². The third-order valence-corrected chi connectivity index (χ3v) is 8.97. The van der Waals surface area contributed by atoms with Crippen molar-refractivity contribution in [2.24, 2.45) is 0 Å². The summed E-state index contributed by atoms with van der Waals surface area (Å²) in [6.45, 7) is 0. The molecule has 5 nitrogen and oxygen atoms in total. The smallest absolute Gasteiger partial charge is 0.164 e. The van der Waals surface area contributed by atoms with Gasteiger partial charge in [0.25, 0.3) is 0 Å². The van der Waals surface area contributed by atoms with E-state index in [2.05, 4.69) is 137 Å². The minimum atomic E-state index is 0.630. The van der Waals surface area contributed by atoms with Gasteiger partial charge in [-0.15, -0.1) is 0 Å². The van der Waals surface area contributed by atoms with Gasteiger partial charge in [-0.05, 0) is 58.7 Å². The molecule has 0 atom stereocenters. The number of hydrogen-bond donors (Lipinski definition) is 0. The van der Waals surface area contributed by atoms with Crippen molar-refractivity contribution >= 4 is 21.8 Å². The quantitative estimate of drug-likeness (QED) is 0.184. The van der Waals surface area contributed by atoms with Crippen molar-refractivity contribution in [2.45, 2.75) is 0 Å². The molecule has 9 rings (SSSR count). The van der Waals surface area contributed by atoms with Gasteiger partial charge in [-0.25, -0.2) is 15.0 Å². The first kappa shape index (κ1) is 28.5. The van der Waals surface area contributed by atoms with Crippen LogP contribution < -0.4 is 0 Å². The van der Waals surface area contributed by atoms with Crippen LogP contribution in [0.5, 0.6) is 0 Å². The fraction of sp³-hybridized carbons (Fsp3) is 0. The standard InChI is InChI=1S/C44H29N5/c1-3-10-32(11-4-1)42-46-43(48-44(47-42)34-23-19-31(20-24-34)36-12-9-27-45-29-36)33-21-17-30(18-22-33)35-25-26-41-39(28-35)38-15-7-8-16-40(38)49(41)37-13-5-2-6-14-37/h1-29H. The van der Waals surface area contributed by atoms with Crippen molar-refractivity contribution in [2.75, 3.05) is 0 Å². The lowest BCUT2D eigenvalue weighted by Gasteiger charge is -2.10. The van der Waals surface area contributed by atoms with Gasteiger partial charge in [0.1, 0.15) is 0 Å². The maximum atomic E-state index is 4.97. The third-order valence-electron chi connectivity index (χ3n) is 8.97. The number of nitrogens with zero attached hydrogens (tertiary/aromatic N) is 5. The number of fused-ring (bicyclic) bond motifs is 3. The van der Waals surface area contributed by atoms with Crippen LogP contribution >= 0.6 is 0 Å². The molecular weight excluding hydrogens is 599 g/mol. The van der Waals surface area contributed by atoms with Gasteiger partial charge in [0.15, 0.2) is 17.5 Å². The molecule has 5 heteroatoms. The molecular formula is C44H29N5. The van der Waals surface area contributed by atoms with Crippen LogP contribution in [-0.2, 0) is 0 Å². The first-order valence-electron chi connectivity index (χ1n) is 16.3. The Balaban J connectivity index is 1.10. The molecule has 0 N–H and O–H groups in total. The van der Waals surface area contributed by atoms with Crippen LogP contribution in [0, 0.1) is 0 Å². The van der Waals surface area contributed by atoms with Gasteiger partial charge in [0.2, 0.25) is 0 Å². The predicted octanol–water partition coefficient (Wildman–Crippen LogP) is 10.7. The van der Waals surface area contributed by atoms with Gasteiger partial charge in [-0.1, -0.05) is 127 Å². The lowest BCUT2D eigenvalue weighted by molar-refractivity contribution is 1.07. The molecule has 0 amide bonds. The van der Waals surface area contributed by atoms with Crippen LogP contribution in [0.4, 0.5) is 0 Å². The topological polar surface area (TPSA) is 56.5 Å². The van der Waals surface area contributed by atoms with Gasteiger partial charge in [-0.2, -0.15) is 0 Å². The Morgan fingerprint density at radius 1 is 0.347 bits per heavy atom. The zero-order valence-corrected chi connectivity index (χ0v) is 26.5. The lowest BCUT2D eigenvalue weighted by Crippen LogP contribution is -2.00. The number of para-hydroxylation sites is 2. The average Bonchev–Trinajstić information content (AvgIpc) is 3.52. The Labute approximate surface area is 283 Å². The molecule has 0 saturated carbocycles. The van der Waals surface area contributed by atoms with Gasteiger partial charge >= 0.3 is 0 Å². The molecule has 0 aliphatic carbocycles. The minimum Gasteiger partial charge on any atom is -0.309 e. The number of hydrogen-bond acceptors (Lipinski definition) is 4. The fourth-order valence-corrected chi connectivity index (χ4v) is 6.52. The first-order chi connectivity index (χ1) is 24.3. The summed E-state index contributed by atoms with van der Waals surface area (Å²) in [5.74, 6) is 1.90. The Bertz CT molecular complexity index is 2560. The molecule has 0 aliphatic rings. The molecule has 0 aliphatic heterocycles. The van der Waals surface area contributed by atoms with Crippen LogP contribution in [0.15, 0.2) is 176 Å². The van der Waals surface area contributed by atoms with E-state index in [1.807, 2.05) is 42.6 Å². The summed E-state index contributed by atoms with van der Waals surface area (Å²) in [5.41, 5.74) is 10.8. The number of rotatable bonds is 6. The van der Waals surface area contributed by atoms with E-state index in [-0.39, 0.29) is 0 Å². The summed E-state index contributed by atoms with van der Waals surface area (Å²) in [4.78, 5) is 19.1. The highest BCUT2D eigenvalue weighted by molar-refractivity contribution is 6.10. The van der Waals surface area contributed by atoms with Crippen molar-refractivity contribution in [1.82, 2.24) is 24.5 Å². The van der Waals surface area contributed by atoms with E-state index >= 15 is 0 Å². The molecule has 0 radical (unpaired) electrons. The molecule has 6 aromatic carbocycles. The van der Waals surface area contributed by atoms with E-state index in [4.69, 9.17) is 15.0 Å². The molecule has 0 unspecified atom stereocenters. The van der Waals surface area contributed by atoms with Gasteiger partial charge < -0.3 is 4.57 Å². The summed E-state index contributed by atoms with van der Waals surface area (Å²) in [6, 6.07) is 56.8. The zero-order valence-electron chi connectivity index (χ0n) is 26.5. The van der Waals surface area contributed by atoms with Crippen molar-refractivity contribution in [3.05, 3.63) is 176 Å². The normalized spacial score (nSPS) is 11.3. The molecule has 0 spiro atoms. The zero-order chi connectivity index (χ0) is 32.6. The van der Waals surface area contributed by atoms with E-state index < -0.39 is 0 Å². The Kier molecular flexibility index (Phi) is 7.06. The second-order valence-corrected chi connectivity index (χ2v) is 12.0. The Morgan fingerprint density at radius 3 is 1.47 bits per heavy atom. The van der Waals surface area contributed by atoms with Gasteiger partial charge in [-0.3, -0.25) is 4.98 Å². The van der Waals surface area contributed by atoms with Crippen molar-refractivity contribution in [1.29, 1.82) is 0 Å². The lowest BCUT2D eigenvalue weighted by atomic mass is 10.0. The van der Waals surface area contributed by atoms with Crippen LogP contribution in [0.2, 0.25) is 0 Å². The second kappa shape index (κ2) is 12.1. The molecule has 0 bridgehead atoms. The largest absolute Gasteiger partial charge is 0.309 e. The SMILES string of the molecule is c1ccc(-c2nc(-c3ccc(-c4cccnc4)cc3)nc(-c3ccc(-c4ccc5c(c4)c4ccccc4n5-c4ccccc4)cc3)n2)cc1. The minimum absolute atomic E-state index is 0.630. The van der Waals surface area contributed by atoms with E-state index in [1.54, 1.807) is 6.20 Å². The molecule has 0 fully saturated rings. The van der Waals surface area contributed by atoms with Crippen LogP contribution in [0.1, 0.15) is 0 Å². The van der Waals surface area contributed by atoms with Gasteiger partial charge in [0.05, 0.1) is 11.0 Å². The van der Waals surface area contributed by atoms with Crippen molar-refractivity contribution in [3.63, 3.8) is 0 Å². The van der Waals surface area contributed by atoms with E-state index in [1.165, 1.54) is 21.8 Å². The molecule has 3 aromatic heterocycles. The highest BCUT2D eigenvalue weighted by atomic mass is 15.0. The molecule has 49 heavy (non-hydrogen) atoms. The number of pyridine rings is 1. The van der Waals surface area contributed by atoms with Crippen LogP contribution in [-0.4, -0.2) is 24.5 Å². The monoisotopic (exact) mass is 627 g/mol. The Morgan fingerprint density at radius 2 is 0.837 bits per heavy atom. The fourth-order valence-electron chi connectivity index (χ4n) is 6.52. The second-order valence-electron chi connectivity index (χ2n) is 12.0. The summed E-state index contributed by atoms with van der Waals surface area (Å²) < 4.78 is 2.34. The summed E-state index contributed by atoms with van der Waals surface area (Å²) in [7, 11) is 0. The van der Waals surface area contributed by atoms with Gasteiger partial charge in [0, 0.05) is 45.5 Å². The van der Waals surface area contributed by atoms with Crippen LogP contribution in [0.3, 0.4) is 0 Å². The maximum Gasteiger partial charge on any atom is 0.164 e. The summed E-state index contributed by atoms with van der Waals surface area (Å²) >= 11 is 0. The first-order valence-corrected chi connectivity index (χ1v) is 16.3. The third kappa shape index (κ3) is 5.33. The molecule has 9 aromatic rings. The van der Waals surface area contributed by atoms with E-state index in [0.717, 1.165) is 44.6 Å². The highest BCUT2D eigenvalue weighted by Crippen LogP contribution is 2.35. The molecule has 230 valence electrons. The van der Waals surface area contributed by atoms with E-state index in [0.29, 0.717) is 17.5 Å². The predicted molar refractivity (Wildman–Crippen MR) is 199 cm³/mol. The van der Waals surface area contributed by atoms with Crippen molar-refractivity contribution in [3.8, 4) is 62.1 Å². The highest BCUT2D eigenvalue weighted by Gasteiger charge is 2.15. The average molecular weight is 628 g/mol. The Hall–Kier alpha value is -6.72. The summed E-state index contributed by atoms with van der Waals surface area (Å²) in [5, 5.41) is 2.46. The molecule has 0 saturated heterocycles. The maximum absolute atomic E-state index is 4.97.